The lowest BCUT2D eigenvalue weighted by atomic mass is 9.95. The van der Waals surface area contributed by atoms with Gasteiger partial charge in [0, 0.05) is 50.2 Å². The Balaban J connectivity index is 1.35. The molecule has 1 saturated heterocycles. The standard InChI is InChI=1S/C24H29FN4O3/c1-16-18-11-12-21(30)28(2)24(18)27-23(26-16)17-7-5-13-29(15-17)22(31)10-6-14-32-20-9-4-3-8-19(20)25/h3-4,8-9,17H,5-7,10-15H2,1-2H3. The van der Waals surface area contributed by atoms with Gasteiger partial charge >= 0.3 is 0 Å². The van der Waals surface area contributed by atoms with Gasteiger partial charge in [0.25, 0.3) is 0 Å². The van der Waals surface area contributed by atoms with Crippen molar-refractivity contribution in [2.24, 2.45) is 0 Å². The van der Waals surface area contributed by atoms with Crippen molar-refractivity contribution < 1.29 is 18.7 Å². The fourth-order valence-electron chi connectivity index (χ4n) is 4.41. The number of amides is 2. The van der Waals surface area contributed by atoms with Crippen LogP contribution in [0.2, 0.25) is 0 Å². The molecule has 3 heterocycles. The van der Waals surface area contributed by atoms with Crippen LogP contribution in [0, 0.1) is 12.7 Å². The first kappa shape index (κ1) is 22.2. The number of hydrogen-bond acceptors (Lipinski definition) is 5. The number of likely N-dealkylation sites (tertiary alicyclic amines) is 1. The normalized spacial score (nSPS) is 18.5. The quantitative estimate of drug-likeness (QED) is 0.644. The Morgan fingerprint density at radius 3 is 2.88 bits per heavy atom. The molecule has 0 N–H and O–H groups in total. The van der Waals surface area contributed by atoms with Crippen LogP contribution in [0.3, 0.4) is 0 Å². The number of nitrogens with zero attached hydrogens (tertiary/aromatic N) is 4. The first-order chi connectivity index (χ1) is 15.4. The molecule has 1 atom stereocenters. The number of halogens is 1. The van der Waals surface area contributed by atoms with Crippen LogP contribution in [-0.4, -0.2) is 53.4 Å². The molecule has 1 unspecified atom stereocenters. The molecule has 1 aromatic heterocycles. The molecule has 0 bridgehead atoms. The molecule has 2 aliphatic heterocycles. The number of carbonyl (C=O) groups is 2. The Morgan fingerprint density at radius 1 is 1.25 bits per heavy atom. The SMILES string of the molecule is Cc1nc(C2CCCN(C(=O)CCCOc3ccccc3F)C2)nc2c1CCC(=O)N2C. The number of anilines is 1. The average molecular weight is 441 g/mol. The monoisotopic (exact) mass is 440 g/mol. The molecule has 2 aromatic rings. The minimum absolute atomic E-state index is 0.0526. The van der Waals surface area contributed by atoms with E-state index in [9.17, 15) is 14.0 Å². The van der Waals surface area contributed by atoms with E-state index in [1.165, 1.54) is 6.07 Å². The molecule has 4 rings (SSSR count). The van der Waals surface area contributed by atoms with Gasteiger partial charge in [-0.25, -0.2) is 14.4 Å². The second kappa shape index (κ2) is 9.63. The maximum atomic E-state index is 13.6. The molecule has 0 radical (unpaired) electrons. The lowest BCUT2D eigenvalue weighted by Crippen LogP contribution is -2.40. The van der Waals surface area contributed by atoms with Gasteiger partial charge in [-0.05, 0) is 44.7 Å². The number of rotatable bonds is 6. The van der Waals surface area contributed by atoms with Gasteiger partial charge in [-0.1, -0.05) is 12.1 Å². The Bertz CT molecular complexity index is 1010. The minimum Gasteiger partial charge on any atom is -0.491 e. The number of fused-ring (bicyclic) bond motifs is 1. The maximum Gasteiger partial charge on any atom is 0.228 e. The first-order valence-corrected chi connectivity index (χ1v) is 11.2. The van der Waals surface area contributed by atoms with Crippen LogP contribution >= 0.6 is 0 Å². The van der Waals surface area contributed by atoms with E-state index in [1.54, 1.807) is 30.1 Å². The van der Waals surface area contributed by atoms with Gasteiger partial charge in [0.15, 0.2) is 11.6 Å². The highest BCUT2D eigenvalue weighted by molar-refractivity contribution is 5.94. The van der Waals surface area contributed by atoms with Crippen LogP contribution in [-0.2, 0) is 16.0 Å². The summed E-state index contributed by atoms with van der Waals surface area (Å²) in [5.41, 5.74) is 1.95. The molecule has 7 nitrogen and oxygen atoms in total. The summed E-state index contributed by atoms with van der Waals surface area (Å²) in [6, 6.07) is 6.27. The van der Waals surface area contributed by atoms with Gasteiger partial charge < -0.3 is 9.64 Å². The van der Waals surface area contributed by atoms with E-state index < -0.39 is 5.82 Å². The predicted octanol–water partition coefficient (Wildman–Crippen LogP) is 3.40. The lowest BCUT2D eigenvalue weighted by molar-refractivity contribution is -0.132. The van der Waals surface area contributed by atoms with Gasteiger partial charge in [-0.15, -0.1) is 0 Å². The number of carbonyl (C=O) groups excluding carboxylic acids is 2. The van der Waals surface area contributed by atoms with E-state index in [0.717, 1.165) is 24.1 Å². The molecule has 8 heteroatoms. The zero-order valence-electron chi connectivity index (χ0n) is 18.6. The van der Waals surface area contributed by atoms with Crippen molar-refractivity contribution >= 4 is 17.6 Å². The molecule has 32 heavy (non-hydrogen) atoms. The molecular weight excluding hydrogens is 411 g/mol. The van der Waals surface area contributed by atoms with Crippen LogP contribution in [0.1, 0.15) is 55.1 Å². The molecule has 170 valence electrons. The highest BCUT2D eigenvalue weighted by Crippen LogP contribution is 2.31. The van der Waals surface area contributed by atoms with Crippen LogP contribution in [0.4, 0.5) is 10.2 Å². The summed E-state index contributed by atoms with van der Waals surface area (Å²) in [5.74, 6) is 1.41. The van der Waals surface area contributed by atoms with E-state index in [2.05, 4.69) is 0 Å². The van der Waals surface area contributed by atoms with Gasteiger partial charge in [-0.3, -0.25) is 14.5 Å². The highest BCUT2D eigenvalue weighted by atomic mass is 19.1. The van der Waals surface area contributed by atoms with Crippen molar-refractivity contribution in [3.05, 3.63) is 47.2 Å². The van der Waals surface area contributed by atoms with Crippen LogP contribution < -0.4 is 9.64 Å². The predicted molar refractivity (Wildman–Crippen MR) is 118 cm³/mol. The van der Waals surface area contributed by atoms with Gasteiger partial charge in [0.05, 0.1) is 6.61 Å². The summed E-state index contributed by atoms with van der Waals surface area (Å²) >= 11 is 0. The number of piperidine rings is 1. The lowest BCUT2D eigenvalue weighted by Gasteiger charge is -2.33. The van der Waals surface area contributed by atoms with Gasteiger partial charge in [0.1, 0.15) is 11.6 Å². The fraction of sp³-hybridized carbons (Fsp3) is 0.500. The van der Waals surface area contributed by atoms with Crippen molar-refractivity contribution in [2.45, 2.75) is 51.4 Å². The van der Waals surface area contributed by atoms with Crippen LogP contribution in [0.25, 0.3) is 0 Å². The smallest absolute Gasteiger partial charge is 0.228 e. The van der Waals surface area contributed by atoms with E-state index in [1.807, 2.05) is 11.8 Å². The number of benzene rings is 1. The van der Waals surface area contributed by atoms with Crippen molar-refractivity contribution in [1.29, 1.82) is 0 Å². The average Bonchev–Trinajstić information content (AvgIpc) is 2.80. The zero-order valence-corrected chi connectivity index (χ0v) is 18.6. The summed E-state index contributed by atoms with van der Waals surface area (Å²) in [4.78, 5) is 37.8. The molecule has 1 aromatic carbocycles. The molecular formula is C24H29FN4O3. The second-order valence-electron chi connectivity index (χ2n) is 8.48. The summed E-state index contributed by atoms with van der Waals surface area (Å²) in [5, 5.41) is 0. The van der Waals surface area contributed by atoms with Crippen molar-refractivity contribution in [1.82, 2.24) is 14.9 Å². The van der Waals surface area contributed by atoms with E-state index >= 15 is 0 Å². The highest BCUT2D eigenvalue weighted by Gasteiger charge is 2.30. The van der Waals surface area contributed by atoms with E-state index in [4.69, 9.17) is 14.7 Å². The van der Waals surface area contributed by atoms with E-state index in [-0.39, 0.29) is 30.1 Å². The number of para-hydroxylation sites is 1. The number of ether oxygens (including phenoxy) is 1. The molecule has 0 aliphatic carbocycles. The topological polar surface area (TPSA) is 75.6 Å². The summed E-state index contributed by atoms with van der Waals surface area (Å²) in [7, 11) is 1.76. The van der Waals surface area contributed by atoms with Crippen molar-refractivity contribution in [2.75, 3.05) is 31.6 Å². The van der Waals surface area contributed by atoms with Gasteiger partial charge in [0.2, 0.25) is 11.8 Å². The summed E-state index contributed by atoms with van der Waals surface area (Å²) in [6.07, 6.45) is 3.83. The largest absolute Gasteiger partial charge is 0.491 e. The van der Waals surface area contributed by atoms with E-state index in [0.29, 0.717) is 50.4 Å². The summed E-state index contributed by atoms with van der Waals surface area (Å²) in [6.45, 7) is 3.54. The third-order valence-electron chi connectivity index (χ3n) is 6.26. The third-order valence-corrected chi connectivity index (χ3v) is 6.26. The van der Waals surface area contributed by atoms with Crippen LogP contribution in [0.15, 0.2) is 24.3 Å². The molecule has 2 amide bonds. The van der Waals surface area contributed by atoms with Crippen LogP contribution in [0.5, 0.6) is 5.75 Å². The maximum absolute atomic E-state index is 13.6. The molecule has 2 aliphatic rings. The number of aryl methyl sites for hydroxylation is 1. The second-order valence-corrected chi connectivity index (χ2v) is 8.48. The van der Waals surface area contributed by atoms with Crippen molar-refractivity contribution in [3.8, 4) is 5.75 Å². The Hall–Kier alpha value is -3.03. The molecule has 0 saturated carbocycles. The van der Waals surface area contributed by atoms with Crippen molar-refractivity contribution in [3.63, 3.8) is 0 Å². The molecule has 0 spiro atoms. The Labute approximate surface area is 187 Å². The van der Waals surface area contributed by atoms with Gasteiger partial charge in [-0.2, -0.15) is 0 Å². The summed E-state index contributed by atoms with van der Waals surface area (Å²) < 4.78 is 19.1. The first-order valence-electron chi connectivity index (χ1n) is 11.2. The Kier molecular flexibility index (Phi) is 6.67. The number of aromatic nitrogens is 2. The third kappa shape index (κ3) is 4.74. The minimum atomic E-state index is -0.398. The Morgan fingerprint density at radius 2 is 2.06 bits per heavy atom. The zero-order chi connectivity index (χ0) is 22.7. The molecule has 1 fully saturated rings. The fourth-order valence-corrected chi connectivity index (χ4v) is 4.41. The number of hydrogen-bond donors (Lipinski definition) is 0.